The lowest BCUT2D eigenvalue weighted by molar-refractivity contribution is -0.385. The maximum atomic E-state index is 12.9. The molecule has 126 valence electrons. The number of H-pyrrole nitrogens is 1. The molecule has 1 aromatic carbocycles. The third-order valence-electron chi connectivity index (χ3n) is 4.01. The fourth-order valence-corrected chi connectivity index (χ4v) is 2.69. The standard InChI is InChI=1S/C15H16FN5O3/c16-12-3-1-11(2-4-12)10-19-5-7-20(8-6-19)15(22)14-13(21(23)24)9-17-18-14/h1-4,9H,5-8,10H2,(H,17,18). The molecule has 1 aliphatic heterocycles. The minimum atomic E-state index is -0.623. The van der Waals surface area contributed by atoms with Gasteiger partial charge in [-0.05, 0) is 17.7 Å². The van der Waals surface area contributed by atoms with E-state index in [9.17, 15) is 19.3 Å². The molecule has 1 N–H and O–H groups in total. The molecule has 24 heavy (non-hydrogen) atoms. The van der Waals surface area contributed by atoms with E-state index in [1.54, 1.807) is 17.0 Å². The van der Waals surface area contributed by atoms with Gasteiger partial charge in [0.25, 0.3) is 5.91 Å². The number of nitrogens with zero attached hydrogens (tertiary/aromatic N) is 4. The largest absolute Gasteiger partial charge is 0.335 e. The summed E-state index contributed by atoms with van der Waals surface area (Å²) in [6.07, 6.45) is 1.04. The van der Waals surface area contributed by atoms with E-state index in [1.807, 2.05) is 0 Å². The van der Waals surface area contributed by atoms with Crippen molar-refractivity contribution in [3.8, 4) is 0 Å². The summed E-state index contributed by atoms with van der Waals surface area (Å²) in [7, 11) is 0. The quantitative estimate of drug-likeness (QED) is 0.674. The Morgan fingerprint density at radius 2 is 1.92 bits per heavy atom. The number of hydrogen-bond donors (Lipinski definition) is 1. The van der Waals surface area contributed by atoms with Gasteiger partial charge in [0.2, 0.25) is 5.69 Å². The second kappa shape index (κ2) is 6.75. The zero-order valence-corrected chi connectivity index (χ0v) is 12.8. The Labute approximate surface area is 137 Å². The third kappa shape index (κ3) is 3.40. The van der Waals surface area contributed by atoms with Crippen LogP contribution >= 0.6 is 0 Å². The molecule has 0 unspecified atom stereocenters. The molecule has 1 aromatic heterocycles. The van der Waals surface area contributed by atoms with Gasteiger partial charge in [0.05, 0.1) is 4.92 Å². The zero-order chi connectivity index (χ0) is 17.1. The van der Waals surface area contributed by atoms with Crippen molar-refractivity contribution in [1.82, 2.24) is 20.0 Å². The lowest BCUT2D eigenvalue weighted by Crippen LogP contribution is -2.48. The Morgan fingerprint density at radius 1 is 1.25 bits per heavy atom. The van der Waals surface area contributed by atoms with Crippen molar-refractivity contribution in [2.24, 2.45) is 0 Å². The highest BCUT2D eigenvalue weighted by Crippen LogP contribution is 2.18. The van der Waals surface area contributed by atoms with Crippen molar-refractivity contribution in [3.05, 3.63) is 57.7 Å². The molecular formula is C15H16FN5O3. The predicted octanol–water partition coefficient (Wildman–Crippen LogP) is 1.41. The molecular weight excluding hydrogens is 317 g/mol. The summed E-state index contributed by atoms with van der Waals surface area (Å²) >= 11 is 0. The van der Waals surface area contributed by atoms with Gasteiger partial charge < -0.3 is 4.90 Å². The molecule has 9 heteroatoms. The van der Waals surface area contributed by atoms with E-state index in [0.29, 0.717) is 32.7 Å². The van der Waals surface area contributed by atoms with Crippen LogP contribution in [0.25, 0.3) is 0 Å². The number of aromatic nitrogens is 2. The Balaban J connectivity index is 1.58. The van der Waals surface area contributed by atoms with E-state index in [1.165, 1.54) is 12.1 Å². The lowest BCUT2D eigenvalue weighted by Gasteiger charge is -2.34. The van der Waals surface area contributed by atoms with Crippen LogP contribution in [0.4, 0.5) is 10.1 Å². The van der Waals surface area contributed by atoms with E-state index >= 15 is 0 Å². The number of piperazine rings is 1. The molecule has 1 aliphatic rings. The van der Waals surface area contributed by atoms with Gasteiger partial charge in [-0.15, -0.1) is 0 Å². The van der Waals surface area contributed by atoms with Gasteiger partial charge in [-0.3, -0.25) is 24.9 Å². The van der Waals surface area contributed by atoms with Crippen LogP contribution in [0.5, 0.6) is 0 Å². The molecule has 1 fully saturated rings. The first-order valence-corrected chi connectivity index (χ1v) is 7.48. The number of benzene rings is 1. The van der Waals surface area contributed by atoms with Gasteiger partial charge in [0.15, 0.2) is 0 Å². The summed E-state index contributed by atoms with van der Waals surface area (Å²) in [5.41, 5.74) is 0.598. The number of amides is 1. The van der Waals surface area contributed by atoms with Crippen LogP contribution in [-0.4, -0.2) is 57.0 Å². The van der Waals surface area contributed by atoms with E-state index in [2.05, 4.69) is 15.1 Å². The van der Waals surface area contributed by atoms with Gasteiger partial charge in [-0.2, -0.15) is 5.10 Å². The lowest BCUT2D eigenvalue weighted by atomic mass is 10.2. The Hall–Kier alpha value is -2.81. The first-order valence-electron chi connectivity index (χ1n) is 7.48. The number of nitrogens with one attached hydrogen (secondary N) is 1. The molecule has 0 spiro atoms. The van der Waals surface area contributed by atoms with E-state index in [4.69, 9.17) is 0 Å². The minimum Gasteiger partial charge on any atom is -0.335 e. The number of carbonyl (C=O) groups excluding carboxylic acids is 1. The van der Waals surface area contributed by atoms with Crippen molar-refractivity contribution in [2.75, 3.05) is 26.2 Å². The molecule has 2 heterocycles. The first kappa shape index (κ1) is 16.1. The van der Waals surface area contributed by atoms with Gasteiger partial charge >= 0.3 is 5.69 Å². The van der Waals surface area contributed by atoms with Crippen molar-refractivity contribution < 1.29 is 14.1 Å². The highest BCUT2D eigenvalue weighted by molar-refractivity contribution is 5.96. The fraction of sp³-hybridized carbons (Fsp3) is 0.333. The second-order valence-electron chi connectivity index (χ2n) is 5.58. The maximum absolute atomic E-state index is 12.9. The van der Waals surface area contributed by atoms with E-state index in [-0.39, 0.29) is 17.2 Å². The summed E-state index contributed by atoms with van der Waals surface area (Å²) in [5.74, 6) is -0.684. The van der Waals surface area contributed by atoms with Crippen molar-refractivity contribution in [2.45, 2.75) is 6.54 Å². The predicted molar refractivity (Wildman–Crippen MR) is 82.8 cm³/mol. The molecule has 1 amide bonds. The molecule has 0 saturated carbocycles. The van der Waals surface area contributed by atoms with Gasteiger partial charge in [0.1, 0.15) is 12.0 Å². The van der Waals surface area contributed by atoms with Gasteiger partial charge in [-0.1, -0.05) is 12.1 Å². The van der Waals surface area contributed by atoms with Crippen molar-refractivity contribution >= 4 is 11.6 Å². The monoisotopic (exact) mass is 333 g/mol. The minimum absolute atomic E-state index is 0.0908. The molecule has 1 saturated heterocycles. The second-order valence-corrected chi connectivity index (χ2v) is 5.58. The Kier molecular flexibility index (Phi) is 4.52. The van der Waals surface area contributed by atoms with Gasteiger partial charge in [0, 0.05) is 32.7 Å². The van der Waals surface area contributed by atoms with Crippen molar-refractivity contribution in [1.29, 1.82) is 0 Å². The zero-order valence-electron chi connectivity index (χ0n) is 12.8. The number of rotatable bonds is 4. The van der Waals surface area contributed by atoms with E-state index < -0.39 is 10.8 Å². The third-order valence-corrected chi connectivity index (χ3v) is 4.01. The van der Waals surface area contributed by atoms with Gasteiger partial charge in [-0.25, -0.2) is 4.39 Å². The number of carbonyl (C=O) groups is 1. The summed E-state index contributed by atoms with van der Waals surface area (Å²) in [4.78, 5) is 26.4. The summed E-state index contributed by atoms with van der Waals surface area (Å²) in [5, 5.41) is 16.9. The highest BCUT2D eigenvalue weighted by Gasteiger charge is 2.29. The SMILES string of the molecule is O=C(c1[nH]ncc1[N+](=O)[O-])N1CCN(Cc2ccc(F)cc2)CC1. The molecule has 2 aromatic rings. The van der Waals surface area contributed by atoms with Crippen LogP contribution < -0.4 is 0 Å². The number of halogens is 1. The fourth-order valence-electron chi connectivity index (χ4n) is 2.69. The van der Waals surface area contributed by atoms with Crippen LogP contribution in [0.15, 0.2) is 30.5 Å². The number of hydrogen-bond acceptors (Lipinski definition) is 5. The molecule has 3 rings (SSSR count). The topological polar surface area (TPSA) is 95.4 Å². The molecule has 0 bridgehead atoms. The van der Waals surface area contributed by atoms with Crippen LogP contribution in [0, 0.1) is 15.9 Å². The molecule has 0 atom stereocenters. The average molecular weight is 333 g/mol. The first-order chi connectivity index (χ1) is 11.5. The van der Waals surface area contributed by atoms with Crippen LogP contribution in [0.2, 0.25) is 0 Å². The number of nitro groups is 1. The van der Waals surface area contributed by atoms with E-state index in [0.717, 1.165) is 11.8 Å². The number of aromatic amines is 1. The molecule has 8 nitrogen and oxygen atoms in total. The van der Waals surface area contributed by atoms with Crippen LogP contribution in [0.1, 0.15) is 16.1 Å². The molecule has 0 radical (unpaired) electrons. The Bertz CT molecular complexity index is 738. The van der Waals surface area contributed by atoms with Crippen molar-refractivity contribution in [3.63, 3.8) is 0 Å². The molecule has 0 aliphatic carbocycles. The smallest absolute Gasteiger partial charge is 0.319 e. The normalized spacial score (nSPS) is 15.5. The summed E-state index contributed by atoms with van der Waals surface area (Å²) in [6, 6.07) is 6.32. The Morgan fingerprint density at radius 3 is 2.54 bits per heavy atom. The highest BCUT2D eigenvalue weighted by atomic mass is 19.1. The average Bonchev–Trinajstić information content (AvgIpc) is 3.07. The summed E-state index contributed by atoms with van der Waals surface area (Å²) in [6.45, 7) is 2.90. The van der Waals surface area contributed by atoms with Crippen LogP contribution in [0.3, 0.4) is 0 Å². The maximum Gasteiger partial charge on any atom is 0.319 e. The summed E-state index contributed by atoms with van der Waals surface area (Å²) < 4.78 is 12.9. The van der Waals surface area contributed by atoms with Crippen LogP contribution in [-0.2, 0) is 6.54 Å².